The van der Waals surface area contributed by atoms with Crippen molar-refractivity contribution in [2.75, 3.05) is 5.32 Å². The molecule has 1 aromatic heterocycles. The zero-order valence-electron chi connectivity index (χ0n) is 9.76. The number of nitriles is 1. The standard InChI is InChI=1S/C14H9BrN2OS/c15-11-3-1-4-12(8-11)17-14(18)10(9-16)7-13-5-2-6-19-13/h1-8H,(H,17,18)/b10-7-. The van der Waals surface area contributed by atoms with Crippen LogP contribution in [0.15, 0.2) is 51.8 Å². The van der Waals surface area contributed by atoms with Crippen molar-refractivity contribution in [2.45, 2.75) is 0 Å². The predicted octanol–water partition coefficient (Wildman–Crippen LogP) is 4.06. The molecular formula is C14H9BrN2OS. The van der Waals surface area contributed by atoms with E-state index in [1.165, 1.54) is 11.3 Å². The van der Waals surface area contributed by atoms with Gasteiger partial charge in [-0.3, -0.25) is 4.79 Å². The average Bonchev–Trinajstić information content (AvgIpc) is 2.88. The van der Waals surface area contributed by atoms with E-state index in [1.54, 1.807) is 18.2 Å². The van der Waals surface area contributed by atoms with Crippen molar-refractivity contribution in [3.63, 3.8) is 0 Å². The predicted molar refractivity (Wildman–Crippen MR) is 80.7 cm³/mol. The molecule has 1 aromatic carbocycles. The number of halogens is 1. The zero-order valence-corrected chi connectivity index (χ0v) is 12.2. The van der Waals surface area contributed by atoms with E-state index in [4.69, 9.17) is 5.26 Å². The van der Waals surface area contributed by atoms with E-state index in [0.29, 0.717) is 5.69 Å². The fraction of sp³-hybridized carbons (Fsp3) is 0. The molecule has 0 fully saturated rings. The molecule has 1 amide bonds. The van der Waals surface area contributed by atoms with Crippen LogP contribution >= 0.6 is 27.3 Å². The topological polar surface area (TPSA) is 52.9 Å². The fourth-order valence-electron chi connectivity index (χ4n) is 1.43. The van der Waals surface area contributed by atoms with Gasteiger partial charge in [0.15, 0.2) is 0 Å². The van der Waals surface area contributed by atoms with Gasteiger partial charge >= 0.3 is 0 Å². The Morgan fingerprint density at radius 2 is 2.21 bits per heavy atom. The molecule has 0 aliphatic carbocycles. The van der Waals surface area contributed by atoms with Crippen LogP contribution in [-0.4, -0.2) is 5.91 Å². The van der Waals surface area contributed by atoms with Crippen molar-refractivity contribution >= 4 is 44.9 Å². The van der Waals surface area contributed by atoms with Crippen LogP contribution in [0.4, 0.5) is 5.69 Å². The maximum Gasteiger partial charge on any atom is 0.266 e. The quantitative estimate of drug-likeness (QED) is 0.680. The number of benzene rings is 1. The Morgan fingerprint density at radius 3 is 2.84 bits per heavy atom. The van der Waals surface area contributed by atoms with Crippen molar-refractivity contribution in [1.82, 2.24) is 0 Å². The fourth-order valence-corrected chi connectivity index (χ4v) is 2.49. The molecule has 0 spiro atoms. The summed E-state index contributed by atoms with van der Waals surface area (Å²) in [6, 6.07) is 12.9. The molecule has 19 heavy (non-hydrogen) atoms. The molecule has 0 radical (unpaired) electrons. The van der Waals surface area contributed by atoms with Gasteiger partial charge in [-0.2, -0.15) is 5.26 Å². The summed E-state index contributed by atoms with van der Waals surface area (Å²) in [5.41, 5.74) is 0.731. The number of nitrogens with one attached hydrogen (secondary N) is 1. The van der Waals surface area contributed by atoms with Crippen molar-refractivity contribution < 1.29 is 4.79 Å². The second-order valence-corrected chi connectivity index (χ2v) is 5.54. The normalized spacial score (nSPS) is 10.8. The van der Waals surface area contributed by atoms with Crippen LogP contribution in [0.25, 0.3) is 6.08 Å². The van der Waals surface area contributed by atoms with E-state index >= 15 is 0 Å². The third kappa shape index (κ3) is 3.78. The first kappa shape index (κ1) is 13.5. The molecule has 0 aliphatic rings. The smallest absolute Gasteiger partial charge is 0.266 e. The van der Waals surface area contributed by atoms with Crippen LogP contribution in [0.1, 0.15) is 4.88 Å². The lowest BCUT2D eigenvalue weighted by molar-refractivity contribution is -0.112. The van der Waals surface area contributed by atoms with Crippen molar-refractivity contribution in [1.29, 1.82) is 5.26 Å². The van der Waals surface area contributed by atoms with Gasteiger partial charge in [-0.25, -0.2) is 0 Å². The number of carbonyl (C=O) groups excluding carboxylic acids is 1. The number of hydrogen-bond acceptors (Lipinski definition) is 3. The Bertz CT molecular complexity index is 656. The molecule has 3 nitrogen and oxygen atoms in total. The Balaban J connectivity index is 2.17. The molecule has 0 atom stereocenters. The van der Waals surface area contributed by atoms with Gasteiger partial charge < -0.3 is 5.32 Å². The first-order valence-corrected chi connectivity index (χ1v) is 7.08. The number of carbonyl (C=O) groups is 1. The number of rotatable bonds is 3. The highest BCUT2D eigenvalue weighted by Crippen LogP contribution is 2.17. The third-order valence-electron chi connectivity index (χ3n) is 2.28. The van der Waals surface area contributed by atoms with Crippen LogP contribution in [-0.2, 0) is 4.79 Å². The third-order valence-corrected chi connectivity index (χ3v) is 3.59. The number of hydrogen-bond donors (Lipinski definition) is 1. The molecule has 2 aromatic rings. The maximum absolute atomic E-state index is 12.0. The van der Waals surface area contributed by atoms with Gasteiger partial charge in [0.2, 0.25) is 0 Å². The summed E-state index contributed by atoms with van der Waals surface area (Å²) in [6.07, 6.45) is 1.58. The Morgan fingerprint density at radius 1 is 1.37 bits per heavy atom. The first-order valence-electron chi connectivity index (χ1n) is 5.41. The SMILES string of the molecule is N#C/C(=C/c1cccs1)C(=O)Nc1cccc(Br)c1. The van der Waals surface area contributed by atoms with Crippen LogP contribution in [0.2, 0.25) is 0 Å². The van der Waals surface area contributed by atoms with Crippen LogP contribution in [0.5, 0.6) is 0 Å². The van der Waals surface area contributed by atoms with E-state index in [1.807, 2.05) is 35.7 Å². The molecule has 0 aliphatic heterocycles. The summed E-state index contributed by atoms with van der Waals surface area (Å²) >= 11 is 4.80. The lowest BCUT2D eigenvalue weighted by atomic mass is 10.2. The van der Waals surface area contributed by atoms with Gasteiger partial charge in [0, 0.05) is 15.0 Å². The molecule has 0 saturated heterocycles. The summed E-state index contributed by atoms with van der Waals surface area (Å²) in [5, 5.41) is 13.6. The Kier molecular flexibility index (Phi) is 4.50. The van der Waals surface area contributed by atoms with Crippen LogP contribution < -0.4 is 5.32 Å². The highest BCUT2D eigenvalue weighted by Gasteiger charge is 2.09. The summed E-state index contributed by atoms with van der Waals surface area (Å²) in [4.78, 5) is 12.8. The number of thiophene rings is 1. The van der Waals surface area contributed by atoms with Crippen molar-refractivity contribution in [3.05, 3.63) is 56.7 Å². The second kappa shape index (κ2) is 6.32. The lowest BCUT2D eigenvalue weighted by Gasteiger charge is -2.04. The van der Waals surface area contributed by atoms with Gasteiger partial charge in [-0.05, 0) is 35.7 Å². The molecule has 5 heteroatoms. The number of nitrogens with zero attached hydrogens (tertiary/aromatic N) is 1. The molecule has 94 valence electrons. The summed E-state index contributed by atoms with van der Waals surface area (Å²) in [6.45, 7) is 0. The molecular weight excluding hydrogens is 324 g/mol. The number of amides is 1. The van der Waals surface area contributed by atoms with Crippen LogP contribution in [0, 0.1) is 11.3 Å². The van der Waals surface area contributed by atoms with Gasteiger partial charge in [-0.15, -0.1) is 11.3 Å². The van der Waals surface area contributed by atoms with E-state index in [9.17, 15) is 4.79 Å². The van der Waals surface area contributed by atoms with Gasteiger partial charge in [0.05, 0.1) is 0 Å². The van der Waals surface area contributed by atoms with E-state index in [2.05, 4.69) is 21.2 Å². The van der Waals surface area contributed by atoms with Crippen molar-refractivity contribution in [3.8, 4) is 6.07 Å². The minimum Gasteiger partial charge on any atom is -0.321 e. The summed E-state index contributed by atoms with van der Waals surface area (Å²) in [5.74, 6) is -0.408. The molecule has 1 heterocycles. The minimum atomic E-state index is -0.408. The zero-order chi connectivity index (χ0) is 13.7. The lowest BCUT2D eigenvalue weighted by Crippen LogP contribution is -2.13. The Labute approximate surface area is 123 Å². The van der Waals surface area contributed by atoms with E-state index in [-0.39, 0.29) is 5.57 Å². The average molecular weight is 333 g/mol. The van der Waals surface area contributed by atoms with Crippen molar-refractivity contribution in [2.24, 2.45) is 0 Å². The monoisotopic (exact) mass is 332 g/mol. The number of anilines is 1. The van der Waals surface area contributed by atoms with Gasteiger partial charge in [-0.1, -0.05) is 28.1 Å². The molecule has 0 saturated carbocycles. The summed E-state index contributed by atoms with van der Waals surface area (Å²) in [7, 11) is 0. The highest BCUT2D eigenvalue weighted by molar-refractivity contribution is 9.10. The molecule has 1 N–H and O–H groups in total. The largest absolute Gasteiger partial charge is 0.321 e. The molecule has 2 rings (SSSR count). The molecule has 0 bridgehead atoms. The van der Waals surface area contributed by atoms with E-state index in [0.717, 1.165) is 9.35 Å². The van der Waals surface area contributed by atoms with E-state index < -0.39 is 5.91 Å². The highest BCUT2D eigenvalue weighted by atomic mass is 79.9. The maximum atomic E-state index is 12.0. The summed E-state index contributed by atoms with van der Waals surface area (Å²) < 4.78 is 0.867. The second-order valence-electron chi connectivity index (χ2n) is 3.65. The minimum absolute atomic E-state index is 0.0856. The molecule has 0 unspecified atom stereocenters. The Hall–Kier alpha value is -1.90. The van der Waals surface area contributed by atoms with Crippen LogP contribution in [0.3, 0.4) is 0 Å². The first-order chi connectivity index (χ1) is 9.19. The van der Waals surface area contributed by atoms with Gasteiger partial charge in [0.25, 0.3) is 5.91 Å². The van der Waals surface area contributed by atoms with Gasteiger partial charge in [0.1, 0.15) is 11.6 Å².